The molecule has 19 heavy (non-hydrogen) atoms. The number of hydrogen-bond acceptors (Lipinski definition) is 2. The molecule has 0 amide bonds. The molecule has 2 heteroatoms. The van der Waals surface area contributed by atoms with E-state index >= 15 is 0 Å². The highest BCUT2D eigenvalue weighted by Gasteiger charge is 2.25. The Balaban J connectivity index is 1.79. The van der Waals surface area contributed by atoms with Gasteiger partial charge in [-0.25, -0.2) is 0 Å². The zero-order valence-electron chi connectivity index (χ0n) is 11.2. The van der Waals surface area contributed by atoms with Gasteiger partial charge in [0, 0.05) is 11.9 Å². The number of fused-ring (bicyclic) bond motifs is 1. The van der Waals surface area contributed by atoms with Gasteiger partial charge in [-0.15, -0.1) is 0 Å². The molecule has 1 aliphatic rings. The molecule has 0 spiro atoms. The van der Waals surface area contributed by atoms with Crippen LogP contribution >= 0.6 is 0 Å². The lowest BCUT2D eigenvalue weighted by Gasteiger charge is -2.28. The first-order valence-corrected chi connectivity index (χ1v) is 6.91. The maximum atomic E-state index is 10.5. The molecule has 0 bridgehead atoms. The Morgan fingerprint density at radius 1 is 1.16 bits per heavy atom. The number of aromatic nitrogens is 1. The highest BCUT2D eigenvalue weighted by molar-refractivity contribution is 5.30. The quantitative estimate of drug-likeness (QED) is 0.891. The molecule has 0 fully saturated rings. The van der Waals surface area contributed by atoms with Crippen LogP contribution in [0.15, 0.2) is 42.6 Å². The van der Waals surface area contributed by atoms with Crippen molar-refractivity contribution in [2.75, 3.05) is 0 Å². The lowest BCUT2D eigenvalue weighted by Crippen LogP contribution is -2.21. The Labute approximate surface area is 114 Å². The molecule has 2 unspecified atom stereocenters. The molecule has 3 rings (SSSR count). The molecule has 98 valence electrons. The molecule has 2 aromatic rings. The minimum Gasteiger partial charge on any atom is -0.388 e. The standard InChI is InChI=1S/C17H19NO/c1-12-6-7-16(11-18-12)17(19)15-9-8-13-4-2-3-5-14(13)10-15/h2-7,11,15,17,19H,8-10H2,1H3. The van der Waals surface area contributed by atoms with Crippen LogP contribution in [0.2, 0.25) is 0 Å². The van der Waals surface area contributed by atoms with Crippen LogP contribution in [0.25, 0.3) is 0 Å². The van der Waals surface area contributed by atoms with Crippen LogP contribution in [0.1, 0.15) is 34.9 Å². The monoisotopic (exact) mass is 253 g/mol. The van der Waals surface area contributed by atoms with E-state index in [4.69, 9.17) is 0 Å². The van der Waals surface area contributed by atoms with Crippen LogP contribution in [-0.2, 0) is 12.8 Å². The second-order valence-electron chi connectivity index (χ2n) is 5.45. The Bertz CT molecular complexity index is 562. The van der Waals surface area contributed by atoms with Gasteiger partial charge in [-0.1, -0.05) is 30.3 Å². The molecule has 1 N–H and O–H groups in total. The van der Waals surface area contributed by atoms with E-state index in [-0.39, 0.29) is 0 Å². The van der Waals surface area contributed by atoms with E-state index in [2.05, 4.69) is 29.2 Å². The van der Waals surface area contributed by atoms with Crippen molar-refractivity contribution in [2.45, 2.75) is 32.3 Å². The van der Waals surface area contributed by atoms with Crippen LogP contribution in [0.4, 0.5) is 0 Å². The Kier molecular flexibility index (Phi) is 3.34. The molecular formula is C17H19NO. The molecule has 1 aliphatic carbocycles. The van der Waals surface area contributed by atoms with Gasteiger partial charge in [0.2, 0.25) is 0 Å². The highest BCUT2D eigenvalue weighted by Crippen LogP contribution is 2.33. The first kappa shape index (κ1) is 12.4. The van der Waals surface area contributed by atoms with Crippen molar-refractivity contribution in [2.24, 2.45) is 5.92 Å². The maximum absolute atomic E-state index is 10.5. The fraction of sp³-hybridized carbons (Fsp3) is 0.353. The summed E-state index contributed by atoms with van der Waals surface area (Å²) in [5, 5.41) is 10.5. The van der Waals surface area contributed by atoms with Crippen molar-refractivity contribution < 1.29 is 5.11 Å². The van der Waals surface area contributed by atoms with Crippen molar-refractivity contribution in [1.82, 2.24) is 4.98 Å². The van der Waals surface area contributed by atoms with Gasteiger partial charge < -0.3 is 5.11 Å². The molecule has 1 aromatic heterocycles. The molecule has 0 radical (unpaired) electrons. The van der Waals surface area contributed by atoms with Crippen LogP contribution in [0.3, 0.4) is 0 Å². The molecular weight excluding hydrogens is 234 g/mol. The largest absolute Gasteiger partial charge is 0.388 e. The summed E-state index contributed by atoms with van der Waals surface area (Å²) in [5.41, 5.74) is 4.76. The third kappa shape index (κ3) is 2.54. The van der Waals surface area contributed by atoms with Gasteiger partial charge in [-0.3, -0.25) is 4.98 Å². The van der Waals surface area contributed by atoms with Crippen LogP contribution < -0.4 is 0 Å². The van der Waals surface area contributed by atoms with E-state index < -0.39 is 6.10 Å². The minimum atomic E-state index is -0.401. The van der Waals surface area contributed by atoms with Gasteiger partial charge in [0.15, 0.2) is 0 Å². The lowest BCUT2D eigenvalue weighted by molar-refractivity contribution is 0.0992. The molecule has 0 saturated heterocycles. The molecule has 0 aliphatic heterocycles. The van der Waals surface area contributed by atoms with Crippen molar-refractivity contribution in [1.29, 1.82) is 0 Å². The number of aliphatic hydroxyl groups is 1. The Hall–Kier alpha value is -1.67. The van der Waals surface area contributed by atoms with Gasteiger partial charge in [-0.05, 0) is 54.9 Å². The summed E-state index contributed by atoms with van der Waals surface area (Å²) in [4.78, 5) is 4.28. The van der Waals surface area contributed by atoms with Crippen molar-refractivity contribution in [3.05, 3.63) is 65.0 Å². The maximum Gasteiger partial charge on any atom is 0.0836 e. The van der Waals surface area contributed by atoms with E-state index in [1.165, 1.54) is 11.1 Å². The average molecular weight is 253 g/mol. The summed E-state index contributed by atoms with van der Waals surface area (Å²) < 4.78 is 0. The third-order valence-corrected chi connectivity index (χ3v) is 4.11. The number of nitrogens with zero attached hydrogens (tertiary/aromatic N) is 1. The van der Waals surface area contributed by atoms with E-state index in [0.717, 1.165) is 30.5 Å². The molecule has 2 atom stereocenters. The predicted octanol–water partition coefficient (Wildman–Crippen LogP) is 3.23. The van der Waals surface area contributed by atoms with Gasteiger partial charge >= 0.3 is 0 Å². The van der Waals surface area contributed by atoms with Gasteiger partial charge in [-0.2, -0.15) is 0 Å². The summed E-state index contributed by atoms with van der Waals surface area (Å²) in [7, 11) is 0. The zero-order chi connectivity index (χ0) is 13.2. The fourth-order valence-corrected chi connectivity index (χ4v) is 2.92. The number of aryl methyl sites for hydroxylation is 2. The minimum absolute atomic E-state index is 0.305. The van der Waals surface area contributed by atoms with E-state index in [0.29, 0.717) is 5.92 Å². The van der Waals surface area contributed by atoms with Gasteiger partial charge in [0.05, 0.1) is 6.10 Å². The van der Waals surface area contributed by atoms with Crippen molar-refractivity contribution >= 4 is 0 Å². The normalized spacial score (nSPS) is 19.8. The summed E-state index contributed by atoms with van der Waals surface area (Å²) >= 11 is 0. The van der Waals surface area contributed by atoms with Crippen LogP contribution in [0, 0.1) is 12.8 Å². The Morgan fingerprint density at radius 2 is 1.95 bits per heavy atom. The van der Waals surface area contributed by atoms with Gasteiger partial charge in [0.1, 0.15) is 0 Å². The van der Waals surface area contributed by atoms with Crippen LogP contribution in [0.5, 0.6) is 0 Å². The first-order valence-electron chi connectivity index (χ1n) is 6.91. The lowest BCUT2D eigenvalue weighted by atomic mass is 9.79. The zero-order valence-corrected chi connectivity index (χ0v) is 11.2. The summed E-state index contributed by atoms with van der Waals surface area (Å²) in [5.74, 6) is 0.305. The molecule has 1 aromatic carbocycles. The predicted molar refractivity (Wildman–Crippen MR) is 75.9 cm³/mol. The Morgan fingerprint density at radius 3 is 2.68 bits per heavy atom. The third-order valence-electron chi connectivity index (χ3n) is 4.11. The number of hydrogen-bond donors (Lipinski definition) is 1. The van der Waals surface area contributed by atoms with E-state index in [9.17, 15) is 5.11 Å². The summed E-state index contributed by atoms with van der Waals surface area (Å²) in [6.45, 7) is 1.97. The SMILES string of the molecule is Cc1ccc(C(O)C2CCc3ccccc3C2)cn1. The molecule has 1 heterocycles. The van der Waals surface area contributed by atoms with Crippen LogP contribution in [-0.4, -0.2) is 10.1 Å². The van der Waals surface area contributed by atoms with E-state index in [1.54, 1.807) is 6.20 Å². The van der Waals surface area contributed by atoms with Gasteiger partial charge in [0.25, 0.3) is 0 Å². The summed E-state index contributed by atoms with van der Waals surface area (Å²) in [6.07, 6.45) is 4.48. The summed E-state index contributed by atoms with van der Waals surface area (Å²) in [6, 6.07) is 12.5. The number of benzene rings is 1. The highest BCUT2D eigenvalue weighted by atomic mass is 16.3. The second kappa shape index (κ2) is 5.14. The number of pyridine rings is 1. The number of rotatable bonds is 2. The molecule has 0 saturated carbocycles. The fourth-order valence-electron chi connectivity index (χ4n) is 2.92. The first-order chi connectivity index (χ1) is 9.24. The smallest absolute Gasteiger partial charge is 0.0836 e. The topological polar surface area (TPSA) is 33.1 Å². The van der Waals surface area contributed by atoms with Crippen molar-refractivity contribution in [3.63, 3.8) is 0 Å². The van der Waals surface area contributed by atoms with Crippen molar-refractivity contribution in [3.8, 4) is 0 Å². The average Bonchev–Trinajstić information content (AvgIpc) is 2.47. The van der Waals surface area contributed by atoms with E-state index in [1.807, 2.05) is 19.1 Å². The molecule has 2 nitrogen and oxygen atoms in total. The number of aliphatic hydroxyl groups excluding tert-OH is 1. The second-order valence-corrected chi connectivity index (χ2v) is 5.45.